The van der Waals surface area contributed by atoms with Crippen LogP contribution in [-0.4, -0.2) is 16.9 Å². The summed E-state index contributed by atoms with van der Waals surface area (Å²) in [5.74, 6) is -1.23. The van der Waals surface area contributed by atoms with Gasteiger partial charge in [0.2, 0.25) is 0 Å². The molecule has 1 N–H and O–H groups in total. The minimum atomic E-state index is -0.848. The van der Waals surface area contributed by atoms with E-state index in [9.17, 15) is 9.59 Å². The number of unbranched alkanes of at least 4 members (excludes halogenated alkanes) is 3. The van der Waals surface area contributed by atoms with E-state index in [0.29, 0.717) is 12.8 Å². The molecule has 3 nitrogen and oxygen atoms in total. The van der Waals surface area contributed by atoms with Crippen molar-refractivity contribution in [3.8, 4) is 0 Å². The van der Waals surface area contributed by atoms with Gasteiger partial charge in [-0.3, -0.25) is 9.59 Å². The van der Waals surface area contributed by atoms with Crippen molar-refractivity contribution in [2.24, 2.45) is 5.92 Å². The molecule has 0 radical (unpaired) electrons. The first kappa shape index (κ1) is 14.1. The first-order chi connectivity index (χ1) is 7.11. The quantitative estimate of drug-likeness (QED) is 0.600. The normalized spacial score (nSPS) is 12.4. The van der Waals surface area contributed by atoms with E-state index < -0.39 is 11.9 Å². The van der Waals surface area contributed by atoms with E-state index in [1.807, 2.05) is 6.92 Å². The molecule has 3 heteroatoms. The predicted octanol–water partition coefficient (Wildman–Crippen LogP) is 3.03. The van der Waals surface area contributed by atoms with Crippen LogP contribution in [0.15, 0.2) is 0 Å². The second-order valence-corrected chi connectivity index (χ2v) is 4.00. The van der Waals surface area contributed by atoms with E-state index in [2.05, 4.69) is 6.92 Å². The molecule has 0 aromatic heterocycles. The van der Waals surface area contributed by atoms with Crippen LogP contribution in [0.25, 0.3) is 0 Å². The number of hydrogen-bond acceptors (Lipinski definition) is 2. The van der Waals surface area contributed by atoms with E-state index in [0.717, 1.165) is 25.7 Å². The molecule has 0 heterocycles. The van der Waals surface area contributed by atoms with Crippen molar-refractivity contribution in [2.75, 3.05) is 0 Å². The molecule has 15 heavy (non-hydrogen) atoms. The summed E-state index contributed by atoms with van der Waals surface area (Å²) in [5, 5.41) is 8.78. The fourth-order valence-electron chi connectivity index (χ4n) is 1.53. The third kappa shape index (κ3) is 7.11. The van der Waals surface area contributed by atoms with Crippen LogP contribution >= 0.6 is 0 Å². The summed E-state index contributed by atoms with van der Waals surface area (Å²) >= 11 is 0. The number of rotatable bonds is 9. The Hall–Kier alpha value is -0.860. The van der Waals surface area contributed by atoms with Crippen molar-refractivity contribution in [3.05, 3.63) is 0 Å². The second kappa shape index (κ2) is 8.45. The molecule has 0 aromatic rings. The number of carboxylic acids is 1. The lowest BCUT2D eigenvalue weighted by Gasteiger charge is -2.08. The Morgan fingerprint density at radius 1 is 1.13 bits per heavy atom. The van der Waals surface area contributed by atoms with Gasteiger partial charge >= 0.3 is 5.97 Å². The molecule has 0 spiro atoms. The molecular weight excluding hydrogens is 192 g/mol. The van der Waals surface area contributed by atoms with Gasteiger partial charge in [-0.25, -0.2) is 0 Å². The minimum Gasteiger partial charge on any atom is -0.481 e. The van der Waals surface area contributed by atoms with E-state index in [4.69, 9.17) is 5.11 Å². The molecular formula is C12H22O3. The number of hydrogen-bond donors (Lipinski definition) is 1. The zero-order valence-electron chi connectivity index (χ0n) is 9.79. The molecule has 1 unspecified atom stereocenters. The number of Topliss-reactive ketones (excluding diaryl/α,β-unsaturated/α-hetero) is 1. The zero-order valence-corrected chi connectivity index (χ0v) is 9.79. The first-order valence-corrected chi connectivity index (χ1v) is 5.86. The van der Waals surface area contributed by atoms with E-state index >= 15 is 0 Å². The van der Waals surface area contributed by atoms with Gasteiger partial charge in [0.15, 0.2) is 0 Å². The molecule has 0 aliphatic heterocycles. The summed E-state index contributed by atoms with van der Waals surface area (Å²) in [6.45, 7) is 3.93. The van der Waals surface area contributed by atoms with Gasteiger partial charge < -0.3 is 5.11 Å². The molecule has 0 saturated heterocycles. The fourth-order valence-corrected chi connectivity index (χ4v) is 1.53. The summed E-state index contributed by atoms with van der Waals surface area (Å²) < 4.78 is 0. The standard InChI is InChI=1S/C12H22O3/c1-3-5-6-7-8-11(13)9-10(4-2)12(14)15/h10H,3-9H2,1-2H3,(H,14,15). The molecule has 0 rings (SSSR count). The largest absolute Gasteiger partial charge is 0.481 e. The summed E-state index contributed by atoms with van der Waals surface area (Å²) in [5.41, 5.74) is 0. The van der Waals surface area contributed by atoms with Crippen molar-refractivity contribution >= 4 is 11.8 Å². The summed E-state index contributed by atoms with van der Waals surface area (Å²) in [6.07, 6.45) is 5.58. The highest BCUT2D eigenvalue weighted by Gasteiger charge is 2.18. The Balaban J connectivity index is 3.67. The maximum atomic E-state index is 11.4. The van der Waals surface area contributed by atoms with Crippen LogP contribution < -0.4 is 0 Å². The van der Waals surface area contributed by atoms with Crippen LogP contribution in [0, 0.1) is 5.92 Å². The molecule has 0 saturated carbocycles. The molecule has 88 valence electrons. The number of carbonyl (C=O) groups is 2. The molecule has 0 aliphatic carbocycles. The van der Waals surface area contributed by atoms with Crippen molar-refractivity contribution in [1.29, 1.82) is 0 Å². The lowest BCUT2D eigenvalue weighted by atomic mass is 9.97. The highest BCUT2D eigenvalue weighted by Crippen LogP contribution is 2.12. The Labute approximate surface area is 91.9 Å². The highest BCUT2D eigenvalue weighted by atomic mass is 16.4. The van der Waals surface area contributed by atoms with Crippen LogP contribution in [0.5, 0.6) is 0 Å². The fraction of sp³-hybridized carbons (Fsp3) is 0.833. The smallest absolute Gasteiger partial charge is 0.306 e. The maximum Gasteiger partial charge on any atom is 0.306 e. The van der Waals surface area contributed by atoms with Gasteiger partial charge in [0.1, 0.15) is 5.78 Å². The Kier molecular flexibility index (Phi) is 7.96. The molecule has 0 bridgehead atoms. The van der Waals surface area contributed by atoms with E-state index in [1.165, 1.54) is 0 Å². The SMILES string of the molecule is CCCCCCC(=O)CC(CC)C(=O)O. The monoisotopic (exact) mass is 214 g/mol. The second-order valence-electron chi connectivity index (χ2n) is 4.00. The first-order valence-electron chi connectivity index (χ1n) is 5.86. The maximum absolute atomic E-state index is 11.4. The molecule has 0 amide bonds. The molecule has 0 aromatic carbocycles. The Morgan fingerprint density at radius 2 is 1.80 bits per heavy atom. The molecule has 1 atom stereocenters. The third-order valence-electron chi connectivity index (χ3n) is 2.63. The Bertz CT molecular complexity index is 199. The van der Waals surface area contributed by atoms with Crippen molar-refractivity contribution in [3.63, 3.8) is 0 Å². The van der Waals surface area contributed by atoms with E-state index in [1.54, 1.807) is 0 Å². The third-order valence-corrected chi connectivity index (χ3v) is 2.63. The van der Waals surface area contributed by atoms with Crippen LogP contribution in [0.2, 0.25) is 0 Å². The zero-order chi connectivity index (χ0) is 11.7. The lowest BCUT2D eigenvalue weighted by molar-refractivity contribution is -0.143. The Morgan fingerprint density at radius 3 is 2.27 bits per heavy atom. The topological polar surface area (TPSA) is 54.4 Å². The average molecular weight is 214 g/mol. The van der Waals surface area contributed by atoms with Gasteiger partial charge in [0.05, 0.1) is 5.92 Å². The van der Waals surface area contributed by atoms with E-state index in [-0.39, 0.29) is 12.2 Å². The number of aliphatic carboxylic acids is 1. The predicted molar refractivity (Wildman–Crippen MR) is 59.8 cm³/mol. The molecule has 0 aliphatic rings. The summed E-state index contributed by atoms with van der Waals surface area (Å²) in [4.78, 5) is 22.1. The lowest BCUT2D eigenvalue weighted by Crippen LogP contribution is -2.17. The number of carbonyl (C=O) groups excluding carboxylic acids is 1. The van der Waals surface area contributed by atoms with Crippen LogP contribution in [0.3, 0.4) is 0 Å². The van der Waals surface area contributed by atoms with Gasteiger partial charge in [0.25, 0.3) is 0 Å². The van der Waals surface area contributed by atoms with Crippen LogP contribution in [0.4, 0.5) is 0 Å². The van der Waals surface area contributed by atoms with Crippen molar-refractivity contribution in [2.45, 2.75) is 58.8 Å². The number of carboxylic acid groups (broad SMARTS) is 1. The van der Waals surface area contributed by atoms with Gasteiger partial charge in [-0.05, 0) is 12.8 Å². The highest BCUT2D eigenvalue weighted by molar-refractivity contribution is 5.83. The van der Waals surface area contributed by atoms with Crippen molar-refractivity contribution in [1.82, 2.24) is 0 Å². The molecule has 0 fully saturated rings. The average Bonchev–Trinajstić information content (AvgIpc) is 2.20. The summed E-state index contributed by atoms with van der Waals surface area (Å²) in [6, 6.07) is 0. The van der Waals surface area contributed by atoms with Gasteiger partial charge in [-0.15, -0.1) is 0 Å². The number of ketones is 1. The van der Waals surface area contributed by atoms with Crippen LogP contribution in [-0.2, 0) is 9.59 Å². The van der Waals surface area contributed by atoms with Gasteiger partial charge in [-0.1, -0.05) is 33.1 Å². The van der Waals surface area contributed by atoms with Gasteiger partial charge in [-0.2, -0.15) is 0 Å². The minimum absolute atomic E-state index is 0.0975. The van der Waals surface area contributed by atoms with Crippen LogP contribution in [0.1, 0.15) is 58.8 Å². The summed E-state index contributed by atoms with van der Waals surface area (Å²) in [7, 11) is 0. The van der Waals surface area contributed by atoms with Crippen molar-refractivity contribution < 1.29 is 14.7 Å². The van der Waals surface area contributed by atoms with Gasteiger partial charge in [0, 0.05) is 12.8 Å².